The topological polar surface area (TPSA) is 29.5 Å². The Balaban J connectivity index is 1.58. The van der Waals surface area contributed by atoms with Crippen molar-refractivity contribution in [1.29, 1.82) is 0 Å². The summed E-state index contributed by atoms with van der Waals surface area (Å²) >= 11 is 3.31. The second-order valence-electron chi connectivity index (χ2n) is 8.46. The zero-order chi connectivity index (χ0) is 22.0. The second-order valence-corrected chi connectivity index (χ2v) is 9.31. The van der Waals surface area contributed by atoms with Gasteiger partial charge in [0.15, 0.2) is 11.5 Å². The fraction of sp³-hybridized carbons (Fsp3) is 0.333. The van der Waals surface area contributed by atoms with Crippen LogP contribution in [0.2, 0.25) is 0 Å². The van der Waals surface area contributed by atoms with Gasteiger partial charge in [-0.2, -0.15) is 0 Å². The molecular weight excluding hydrogens is 455 g/mol. The van der Waals surface area contributed by atoms with Crippen molar-refractivity contribution in [3.05, 3.63) is 69.9 Å². The van der Waals surface area contributed by atoms with Gasteiger partial charge in [-0.3, -0.25) is 0 Å². The molecule has 1 N–H and O–H groups in total. The van der Waals surface area contributed by atoms with Crippen LogP contribution >= 0.6 is 15.9 Å². The highest BCUT2D eigenvalue weighted by molar-refractivity contribution is 9.10. The predicted octanol–water partition coefficient (Wildman–Crippen LogP) is 7.93. The van der Waals surface area contributed by atoms with Crippen LogP contribution < -0.4 is 4.74 Å². The zero-order valence-electron chi connectivity index (χ0n) is 18.1. The van der Waals surface area contributed by atoms with Crippen LogP contribution in [0.3, 0.4) is 0 Å². The Hall–Kier alpha value is -2.33. The van der Waals surface area contributed by atoms with Crippen LogP contribution in [0.15, 0.2) is 53.0 Å². The fourth-order valence-electron chi connectivity index (χ4n) is 4.59. The Kier molecular flexibility index (Phi) is 6.66. The van der Waals surface area contributed by atoms with Gasteiger partial charge in [-0.05, 0) is 87.1 Å². The van der Waals surface area contributed by atoms with Gasteiger partial charge in [0.1, 0.15) is 5.82 Å². The lowest BCUT2D eigenvalue weighted by atomic mass is 9.97. The van der Waals surface area contributed by atoms with Gasteiger partial charge in [-0.1, -0.05) is 56.5 Å². The van der Waals surface area contributed by atoms with Crippen LogP contribution in [0.5, 0.6) is 11.5 Å². The second kappa shape index (κ2) is 9.44. The summed E-state index contributed by atoms with van der Waals surface area (Å²) in [5.74, 6) is 0.767. The summed E-state index contributed by atoms with van der Waals surface area (Å²) in [4.78, 5) is 0. The van der Waals surface area contributed by atoms with E-state index in [0.717, 1.165) is 23.5 Å². The smallest absolute Gasteiger partial charge is 0.172 e. The molecule has 0 amide bonds. The van der Waals surface area contributed by atoms with E-state index in [1.165, 1.54) is 50.3 Å². The van der Waals surface area contributed by atoms with E-state index in [1.807, 2.05) is 6.07 Å². The van der Waals surface area contributed by atoms with Crippen molar-refractivity contribution in [2.24, 2.45) is 5.92 Å². The molecule has 0 aromatic heterocycles. The van der Waals surface area contributed by atoms with E-state index < -0.39 is 0 Å². The normalized spacial score (nSPS) is 15.2. The SMILES string of the molecule is CCCCCC1Cc2ccc(-c3ccc(-c4cc(Br)c(O)c(OC)c4)c(F)c3)cc2C1. The van der Waals surface area contributed by atoms with Gasteiger partial charge in [-0.15, -0.1) is 0 Å². The van der Waals surface area contributed by atoms with Crippen molar-refractivity contribution in [2.45, 2.75) is 45.4 Å². The van der Waals surface area contributed by atoms with E-state index in [-0.39, 0.29) is 11.6 Å². The number of benzene rings is 3. The Bertz CT molecular complexity index is 1090. The molecule has 0 saturated heterocycles. The molecule has 0 bridgehead atoms. The van der Waals surface area contributed by atoms with Crippen LogP contribution in [0.4, 0.5) is 4.39 Å². The summed E-state index contributed by atoms with van der Waals surface area (Å²) in [6.45, 7) is 2.25. The first-order valence-electron chi connectivity index (χ1n) is 11.0. The van der Waals surface area contributed by atoms with Crippen LogP contribution in [-0.2, 0) is 12.8 Å². The first-order valence-corrected chi connectivity index (χ1v) is 11.8. The molecule has 0 heterocycles. The van der Waals surface area contributed by atoms with E-state index in [9.17, 15) is 5.11 Å². The summed E-state index contributed by atoms with van der Waals surface area (Å²) in [7, 11) is 1.48. The highest BCUT2D eigenvalue weighted by Crippen LogP contribution is 2.40. The zero-order valence-corrected chi connectivity index (χ0v) is 19.6. The number of phenols is 1. The summed E-state index contributed by atoms with van der Waals surface area (Å²) < 4.78 is 20.8. The van der Waals surface area contributed by atoms with Gasteiger partial charge in [0.05, 0.1) is 11.6 Å². The number of fused-ring (bicyclic) bond motifs is 1. The lowest BCUT2D eigenvalue weighted by Gasteiger charge is -2.11. The fourth-order valence-corrected chi connectivity index (χ4v) is 5.03. The minimum absolute atomic E-state index is 0.00872. The van der Waals surface area contributed by atoms with Crippen LogP contribution in [0, 0.1) is 11.7 Å². The van der Waals surface area contributed by atoms with Crippen molar-refractivity contribution in [3.63, 3.8) is 0 Å². The number of phenolic OH excluding ortho intramolecular Hbond substituents is 1. The van der Waals surface area contributed by atoms with Crippen molar-refractivity contribution in [2.75, 3.05) is 7.11 Å². The van der Waals surface area contributed by atoms with Crippen LogP contribution in [0.25, 0.3) is 22.3 Å². The Morgan fingerprint density at radius 2 is 1.71 bits per heavy atom. The molecule has 0 fully saturated rings. The van der Waals surface area contributed by atoms with Crippen molar-refractivity contribution >= 4 is 15.9 Å². The minimum atomic E-state index is -0.296. The van der Waals surface area contributed by atoms with Gasteiger partial charge in [0.25, 0.3) is 0 Å². The lowest BCUT2D eigenvalue weighted by molar-refractivity contribution is 0.372. The summed E-state index contributed by atoms with van der Waals surface area (Å²) in [6.07, 6.45) is 7.49. The van der Waals surface area contributed by atoms with E-state index in [4.69, 9.17) is 4.74 Å². The monoisotopic (exact) mass is 482 g/mol. The number of ether oxygens (including phenoxy) is 1. The minimum Gasteiger partial charge on any atom is -0.503 e. The lowest BCUT2D eigenvalue weighted by Crippen LogP contribution is -1.98. The van der Waals surface area contributed by atoms with Gasteiger partial charge >= 0.3 is 0 Å². The summed E-state index contributed by atoms with van der Waals surface area (Å²) in [5.41, 5.74) is 5.92. The molecule has 4 heteroatoms. The molecule has 3 aromatic carbocycles. The molecular formula is C27H28BrFO2. The van der Waals surface area contributed by atoms with E-state index in [1.54, 1.807) is 24.3 Å². The van der Waals surface area contributed by atoms with Gasteiger partial charge in [0, 0.05) is 5.56 Å². The van der Waals surface area contributed by atoms with Crippen molar-refractivity contribution in [3.8, 4) is 33.8 Å². The average molecular weight is 483 g/mol. The number of methoxy groups -OCH3 is 1. The number of hydrogen-bond acceptors (Lipinski definition) is 2. The number of aromatic hydroxyl groups is 1. The van der Waals surface area contributed by atoms with Gasteiger partial charge in [0.2, 0.25) is 0 Å². The average Bonchev–Trinajstić information content (AvgIpc) is 3.17. The molecule has 4 rings (SSSR count). The Morgan fingerprint density at radius 1 is 0.968 bits per heavy atom. The number of unbranched alkanes of at least 4 members (excludes halogenated alkanes) is 2. The molecule has 0 spiro atoms. The third-order valence-electron chi connectivity index (χ3n) is 6.30. The quantitative estimate of drug-likeness (QED) is 0.346. The van der Waals surface area contributed by atoms with Crippen LogP contribution in [0.1, 0.15) is 43.7 Å². The third-order valence-corrected chi connectivity index (χ3v) is 6.91. The molecule has 31 heavy (non-hydrogen) atoms. The predicted molar refractivity (Wildman–Crippen MR) is 128 cm³/mol. The molecule has 1 aliphatic carbocycles. The molecule has 1 aliphatic rings. The number of halogens is 2. The summed E-state index contributed by atoms with van der Waals surface area (Å²) in [6, 6.07) is 15.3. The first kappa shape index (κ1) is 21.9. The molecule has 0 aliphatic heterocycles. The third kappa shape index (κ3) is 4.64. The Morgan fingerprint density at radius 3 is 2.45 bits per heavy atom. The molecule has 0 radical (unpaired) electrons. The molecule has 162 valence electrons. The maximum atomic E-state index is 15.1. The largest absolute Gasteiger partial charge is 0.503 e. The molecule has 2 nitrogen and oxygen atoms in total. The van der Waals surface area contributed by atoms with Crippen molar-refractivity contribution < 1.29 is 14.2 Å². The standard InChI is InChI=1S/C27H28BrFO2/c1-3-4-5-6-17-11-18-7-8-19(13-21(18)12-17)20-9-10-23(25(29)15-20)22-14-24(28)27(30)26(16-22)31-2/h7-10,13-17,30H,3-6,11-12H2,1-2H3. The molecule has 1 atom stereocenters. The Labute approximate surface area is 192 Å². The maximum absolute atomic E-state index is 15.1. The maximum Gasteiger partial charge on any atom is 0.172 e. The van der Waals surface area contributed by atoms with Crippen LogP contribution in [-0.4, -0.2) is 12.2 Å². The van der Waals surface area contributed by atoms with Gasteiger partial charge < -0.3 is 9.84 Å². The molecule has 0 saturated carbocycles. The van der Waals surface area contributed by atoms with Crippen molar-refractivity contribution in [1.82, 2.24) is 0 Å². The summed E-state index contributed by atoms with van der Waals surface area (Å²) in [5, 5.41) is 10.0. The van der Waals surface area contributed by atoms with E-state index >= 15 is 4.39 Å². The van der Waals surface area contributed by atoms with Gasteiger partial charge in [-0.25, -0.2) is 4.39 Å². The molecule has 3 aromatic rings. The molecule has 1 unspecified atom stereocenters. The highest BCUT2D eigenvalue weighted by atomic mass is 79.9. The highest BCUT2D eigenvalue weighted by Gasteiger charge is 2.21. The first-order chi connectivity index (χ1) is 15.0. The van der Waals surface area contributed by atoms with E-state index in [0.29, 0.717) is 21.3 Å². The number of rotatable bonds is 7. The van der Waals surface area contributed by atoms with E-state index in [2.05, 4.69) is 41.1 Å². The number of hydrogen-bond donors (Lipinski definition) is 1.